The molecule has 0 fully saturated rings. The zero-order valence-corrected chi connectivity index (χ0v) is 13.2. The first-order valence-corrected chi connectivity index (χ1v) is 7.83. The second-order valence-corrected chi connectivity index (χ2v) is 5.73. The number of fused-ring (bicyclic) bond motifs is 2. The predicted octanol–water partition coefficient (Wildman–Crippen LogP) is 2.18. The van der Waals surface area contributed by atoms with E-state index >= 15 is 0 Å². The van der Waals surface area contributed by atoms with Crippen LogP contribution in [0.4, 0.5) is 0 Å². The van der Waals surface area contributed by atoms with E-state index in [1.54, 1.807) is 16.8 Å². The summed E-state index contributed by atoms with van der Waals surface area (Å²) in [5.74, 6) is 1.05. The second-order valence-electron chi connectivity index (χ2n) is 5.73. The molecule has 0 unspecified atom stereocenters. The van der Waals surface area contributed by atoms with Gasteiger partial charge in [-0.25, -0.2) is 4.52 Å². The number of nitrogens with zero attached hydrogens (tertiary/aromatic N) is 2. The summed E-state index contributed by atoms with van der Waals surface area (Å²) < 4.78 is 13.4. The molecule has 0 saturated carbocycles. The standard InChI is InChI=1S/C18H17N3O3/c1-12-17(24-16-8-3-2-7-15(16)23-12)18(22)19-10-13-11-20-21-9-5-4-6-14(13)21/h2-9,11-12,17H,10H2,1H3,(H,19,22)/t12-,17-/m0/s1. The minimum Gasteiger partial charge on any atom is -0.482 e. The van der Waals surface area contributed by atoms with Crippen molar-refractivity contribution in [2.45, 2.75) is 25.7 Å². The molecule has 6 heteroatoms. The van der Waals surface area contributed by atoms with Gasteiger partial charge in [-0.05, 0) is 31.2 Å². The third-order valence-electron chi connectivity index (χ3n) is 4.06. The number of carbonyl (C=O) groups is 1. The van der Waals surface area contributed by atoms with Crippen LogP contribution in [-0.2, 0) is 11.3 Å². The Hall–Kier alpha value is -3.02. The molecule has 1 N–H and O–H groups in total. The van der Waals surface area contributed by atoms with Crippen LogP contribution in [0, 0.1) is 0 Å². The summed E-state index contributed by atoms with van der Waals surface area (Å²) in [5, 5.41) is 7.17. The van der Waals surface area contributed by atoms with Crippen LogP contribution < -0.4 is 14.8 Å². The molecular weight excluding hydrogens is 306 g/mol. The molecule has 0 bridgehead atoms. The number of benzene rings is 1. The largest absolute Gasteiger partial charge is 0.482 e. The van der Waals surface area contributed by atoms with Gasteiger partial charge in [0.25, 0.3) is 5.91 Å². The Bertz CT molecular complexity index is 890. The topological polar surface area (TPSA) is 64.9 Å². The van der Waals surface area contributed by atoms with E-state index in [9.17, 15) is 4.79 Å². The summed E-state index contributed by atoms with van der Waals surface area (Å²) in [6.45, 7) is 2.22. The number of aromatic nitrogens is 2. The highest BCUT2D eigenvalue weighted by Gasteiger charge is 2.33. The van der Waals surface area contributed by atoms with Gasteiger partial charge in [-0.15, -0.1) is 0 Å². The van der Waals surface area contributed by atoms with E-state index in [2.05, 4.69) is 10.4 Å². The molecule has 1 aliphatic rings. The van der Waals surface area contributed by atoms with Crippen molar-refractivity contribution in [3.8, 4) is 11.5 Å². The van der Waals surface area contributed by atoms with E-state index in [-0.39, 0.29) is 12.0 Å². The lowest BCUT2D eigenvalue weighted by Gasteiger charge is -2.30. The minimum atomic E-state index is -0.679. The quantitative estimate of drug-likeness (QED) is 0.802. The maximum absolute atomic E-state index is 12.5. The maximum atomic E-state index is 12.5. The van der Waals surface area contributed by atoms with Crippen LogP contribution in [0.5, 0.6) is 11.5 Å². The monoisotopic (exact) mass is 323 g/mol. The van der Waals surface area contributed by atoms with E-state index in [1.807, 2.05) is 49.5 Å². The van der Waals surface area contributed by atoms with E-state index < -0.39 is 6.10 Å². The average Bonchev–Trinajstić information content (AvgIpc) is 3.02. The van der Waals surface area contributed by atoms with E-state index in [0.717, 1.165) is 11.1 Å². The highest BCUT2D eigenvalue weighted by atomic mass is 16.6. The summed E-state index contributed by atoms with van der Waals surface area (Å²) >= 11 is 0. The molecule has 122 valence electrons. The molecule has 1 amide bonds. The van der Waals surface area contributed by atoms with Crippen molar-refractivity contribution in [1.29, 1.82) is 0 Å². The highest BCUT2D eigenvalue weighted by Crippen LogP contribution is 2.33. The van der Waals surface area contributed by atoms with Crippen LogP contribution in [-0.4, -0.2) is 27.7 Å². The number of carbonyl (C=O) groups excluding carboxylic acids is 1. The van der Waals surface area contributed by atoms with Gasteiger partial charge in [0.1, 0.15) is 6.10 Å². The summed E-state index contributed by atoms with van der Waals surface area (Å²) in [4.78, 5) is 12.5. The van der Waals surface area contributed by atoms with Crippen molar-refractivity contribution >= 4 is 11.4 Å². The molecule has 3 heterocycles. The number of hydrogen-bond donors (Lipinski definition) is 1. The highest BCUT2D eigenvalue weighted by molar-refractivity contribution is 5.82. The molecular formula is C18H17N3O3. The van der Waals surface area contributed by atoms with Crippen molar-refractivity contribution in [3.05, 3.63) is 60.4 Å². The van der Waals surface area contributed by atoms with E-state index in [1.165, 1.54) is 0 Å². The SMILES string of the molecule is C[C@@H]1Oc2ccccc2O[C@@H]1C(=O)NCc1cnn2ccccc12. The van der Waals surface area contributed by atoms with Gasteiger partial charge in [0.05, 0.1) is 11.7 Å². The van der Waals surface area contributed by atoms with Crippen LogP contribution in [0.1, 0.15) is 12.5 Å². The number of ether oxygens (including phenoxy) is 2. The summed E-state index contributed by atoms with van der Waals surface area (Å²) in [6, 6.07) is 13.2. The Morgan fingerprint density at radius 3 is 2.75 bits per heavy atom. The average molecular weight is 323 g/mol. The van der Waals surface area contributed by atoms with Crippen LogP contribution in [0.2, 0.25) is 0 Å². The fraction of sp³-hybridized carbons (Fsp3) is 0.222. The Labute approximate surface area is 139 Å². The molecule has 4 rings (SSSR count). The molecule has 0 spiro atoms. The molecule has 1 aromatic carbocycles. The summed E-state index contributed by atoms with van der Waals surface area (Å²) in [7, 11) is 0. The van der Waals surface area contributed by atoms with Gasteiger partial charge in [0.2, 0.25) is 6.10 Å². The smallest absolute Gasteiger partial charge is 0.265 e. The van der Waals surface area contributed by atoms with Gasteiger partial charge in [-0.2, -0.15) is 5.10 Å². The molecule has 2 atom stereocenters. The number of amides is 1. The van der Waals surface area contributed by atoms with Gasteiger partial charge in [-0.3, -0.25) is 4.79 Å². The van der Waals surface area contributed by atoms with Crippen LogP contribution in [0.3, 0.4) is 0 Å². The van der Waals surface area contributed by atoms with Crippen molar-refractivity contribution in [2.75, 3.05) is 0 Å². The predicted molar refractivity (Wildman–Crippen MR) is 88.0 cm³/mol. The molecule has 3 aromatic rings. The lowest BCUT2D eigenvalue weighted by molar-refractivity contribution is -0.133. The Balaban J connectivity index is 1.47. The van der Waals surface area contributed by atoms with E-state index in [0.29, 0.717) is 18.0 Å². The van der Waals surface area contributed by atoms with Crippen molar-refractivity contribution in [3.63, 3.8) is 0 Å². The third-order valence-corrected chi connectivity index (χ3v) is 4.06. The minimum absolute atomic E-state index is 0.202. The Morgan fingerprint density at radius 1 is 1.17 bits per heavy atom. The fourth-order valence-corrected chi connectivity index (χ4v) is 2.81. The fourth-order valence-electron chi connectivity index (χ4n) is 2.81. The van der Waals surface area contributed by atoms with Crippen LogP contribution in [0.15, 0.2) is 54.9 Å². The van der Waals surface area contributed by atoms with Gasteiger partial charge in [0, 0.05) is 18.3 Å². The molecule has 0 radical (unpaired) electrons. The molecule has 0 aliphatic carbocycles. The zero-order chi connectivity index (χ0) is 16.5. The van der Waals surface area contributed by atoms with Gasteiger partial charge < -0.3 is 14.8 Å². The van der Waals surface area contributed by atoms with Crippen molar-refractivity contribution < 1.29 is 14.3 Å². The van der Waals surface area contributed by atoms with Gasteiger partial charge >= 0.3 is 0 Å². The maximum Gasteiger partial charge on any atom is 0.265 e. The number of para-hydroxylation sites is 2. The Morgan fingerprint density at radius 2 is 1.92 bits per heavy atom. The zero-order valence-electron chi connectivity index (χ0n) is 13.2. The first-order valence-electron chi connectivity index (χ1n) is 7.83. The number of pyridine rings is 1. The normalized spacial score (nSPS) is 19.2. The number of nitrogens with one attached hydrogen (secondary N) is 1. The van der Waals surface area contributed by atoms with Crippen LogP contribution in [0.25, 0.3) is 5.52 Å². The second kappa shape index (κ2) is 5.88. The third kappa shape index (κ3) is 2.56. The summed E-state index contributed by atoms with van der Waals surface area (Å²) in [6.07, 6.45) is 2.59. The van der Waals surface area contributed by atoms with Crippen molar-refractivity contribution in [2.24, 2.45) is 0 Å². The van der Waals surface area contributed by atoms with Crippen LogP contribution >= 0.6 is 0 Å². The molecule has 24 heavy (non-hydrogen) atoms. The Kier molecular flexibility index (Phi) is 3.57. The lowest BCUT2D eigenvalue weighted by atomic mass is 10.1. The van der Waals surface area contributed by atoms with Gasteiger partial charge in [-0.1, -0.05) is 18.2 Å². The van der Waals surface area contributed by atoms with E-state index in [4.69, 9.17) is 9.47 Å². The molecule has 2 aromatic heterocycles. The lowest BCUT2D eigenvalue weighted by Crippen LogP contribution is -2.48. The molecule has 1 aliphatic heterocycles. The number of hydrogen-bond acceptors (Lipinski definition) is 4. The summed E-state index contributed by atoms with van der Waals surface area (Å²) in [5.41, 5.74) is 1.92. The molecule has 0 saturated heterocycles. The first-order chi connectivity index (χ1) is 11.7. The number of rotatable bonds is 3. The first kappa shape index (κ1) is 14.6. The van der Waals surface area contributed by atoms with Gasteiger partial charge in [0.15, 0.2) is 11.5 Å². The molecule has 6 nitrogen and oxygen atoms in total. The van der Waals surface area contributed by atoms with Crippen molar-refractivity contribution in [1.82, 2.24) is 14.9 Å².